The first-order valence-corrected chi connectivity index (χ1v) is 11.0. The van der Waals surface area contributed by atoms with Crippen LogP contribution in [0.15, 0.2) is 70.2 Å². The third-order valence-corrected chi connectivity index (χ3v) is 6.79. The number of pyridine rings is 1. The second kappa shape index (κ2) is 7.65. The molecule has 0 amide bonds. The summed E-state index contributed by atoms with van der Waals surface area (Å²) in [6, 6.07) is 16.9. The molecular formula is C23H21N3O3S. The van der Waals surface area contributed by atoms with Crippen molar-refractivity contribution in [3.8, 4) is 11.3 Å². The fraction of sp³-hybridized carbons (Fsp3) is 0.261. The van der Waals surface area contributed by atoms with Gasteiger partial charge < -0.3 is 14.4 Å². The molecule has 0 spiro atoms. The van der Waals surface area contributed by atoms with Gasteiger partial charge in [0.2, 0.25) is 0 Å². The molecule has 0 saturated carbocycles. The molecule has 1 N–H and O–H groups in total. The Bertz CT molecular complexity index is 1090. The summed E-state index contributed by atoms with van der Waals surface area (Å²) in [7, 11) is 0. The number of carboxylic acid groups (broad SMARTS) is 1. The number of hydrogen-bond acceptors (Lipinski definition) is 6. The van der Waals surface area contributed by atoms with E-state index in [-0.39, 0.29) is 17.6 Å². The van der Waals surface area contributed by atoms with Gasteiger partial charge >= 0.3 is 5.97 Å². The van der Waals surface area contributed by atoms with Gasteiger partial charge in [0, 0.05) is 23.6 Å². The SMILES string of the molecule is CCC1CSC2=NC(c3ccccn3)C(c3ccc(-c4ccc(C(=O)O)cc4)o3)N21. The maximum Gasteiger partial charge on any atom is 0.335 e. The summed E-state index contributed by atoms with van der Waals surface area (Å²) in [5.74, 6) is 1.66. The normalized spacial score (nSPS) is 22.8. The summed E-state index contributed by atoms with van der Waals surface area (Å²) in [4.78, 5) is 23.1. The van der Waals surface area contributed by atoms with Crippen LogP contribution in [0.2, 0.25) is 0 Å². The molecule has 30 heavy (non-hydrogen) atoms. The Balaban J connectivity index is 1.51. The second-order valence-electron chi connectivity index (χ2n) is 7.42. The highest BCUT2D eigenvalue weighted by Crippen LogP contribution is 2.49. The van der Waals surface area contributed by atoms with E-state index in [1.54, 1.807) is 42.2 Å². The first-order valence-electron chi connectivity index (χ1n) is 9.99. The summed E-state index contributed by atoms with van der Waals surface area (Å²) >= 11 is 1.80. The molecule has 3 unspecified atom stereocenters. The number of amidine groups is 1. The number of aliphatic imine (C=N–C) groups is 1. The van der Waals surface area contributed by atoms with Gasteiger partial charge in [-0.25, -0.2) is 9.79 Å². The van der Waals surface area contributed by atoms with Crippen LogP contribution in [-0.2, 0) is 0 Å². The van der Waals surface area contributed by atoms with E-state index in [1.165, 1.54) is 0 Å². The van der Waals surface area contributed by atoms with Crippen molar-refractivity contribution in [3.05, 3.63) is 77.8 Å². The van der Waals surface area contributed by atoms with Gasteiger partial charge in [0.15, 0.2) is 5.17 Å². The minimum atomic E-state index is -0.937. The van der Waals surface area contributed by atoms with Crippen molar-refractivity contribution >= 4 is 22.9 Å². The van der Waals surface area contributed by atoms with Gasteiger partial charge in [-0.05, 0) is 42.8 Å². The first kappa shape index (κ1) is 18.9. The van der Waals surface area contributed by atoms with Gasteiger partial charge in [-0.15, -0.1) is 0 Å². The molecule has 2 aromatic heterocycles. The third kappa shape index (κ3) is 3.19. The molecular weight excluding hydrogens is 398 g/mol. The number of thioether (sulfide) groups is 1. The van der Waals surface area contributed by atoms with Crippen LogP contribution in [0.5, 0.6) is 0 Å². The van der Waals surface area contributed by atoms with E-state index in [2.05, 4.69) is 16.8 Å². The second-order valence-corrected chi connectivity index (χ2v) is 8.41. The Morgan fingerprint density at radius 3 is 2.73 bits per heavy atom. The Kier molecular flexibility index (Phi) is 4.83. The van der Waals surface area contributed by atoms with Crippen LogP contribution in [0.1, 0.15) is 47.2 Å². The predicted octanol–water partition coefficient (Wildman–Crippen LogP) is 5.02. The number of furan rings is 1. The molecule has 1 aromatic carbocycles. The van der Waals surface area contributed by atoms with E-state index >= 15 is 0 Å². The molecule has 2 aliphatic heterocycles. The average molecular weight is 420 g/mol. The van der Waals surface area contributed by atoms with Crippen molar-refractivity contribution in [1.82, 2.24) is 9.88 Å². The van der Waals surface area contributed by atoms with E-state index in [0.717, 1.165) is 40.1 Å². The lowest BCUT2D eigenvalue weighted by atomic mass is 10.0. The lowest BCUT2D eigenvalue weighted by Gasteiger charge is -2.30. The minimum Gasteiger partial charge on any atom is -0.478 e. The summed E-state index contributed by atoms with van der Waals surface area (Å²) in [5.41, 5.74) is 2.04. The topological polar surface area (TPSA) is 78.9 Å². The number of fused-ring (bicyclic) bond motifs is 1. The molecule has 6 nitrogen and oxygen atoms in total. The van der Waals surface area contributed by atoms with Crippen molar-refractivity contribution in [2.24, 2.45) is 4.99 Å². The number of aromatic nitrogens is 1. The summed E-state index contributed by atoms with van der Waals surface area (Å²) in [6.45, 7) is 2.21. The van der Waals surface area contributed by atoms with Gasteiger partial charge in [-0.2, -0.15) is 0 Å². The summed E-state index contributed by atoms with van der Waals surface area (Å²) in [5, 5.41) is 10.2. The first-order chi connectivity index (χ1) is 14.7. The highest BCUT2D eigenvalue weighted by Gasteiger charge is 2.46. The predicted molar refractivity (Wildman–Crippen MR) is 117 cm³/mol. The number of benzene rings is 1. The number of hydrogen-bond donors (Lipinski definition) is 1. The number of nitrogens with zero attached hydrogens (tertiary/aromatic N) is 3. The fourth-order valence-corrected chi connectivity index (χ4v) is 5.44. The Morgan fingerprint density at radius 2 is 2.03 bits per heavy atom. The lowest BCUT2D eigenvalue weighted by Crippen LogP contribution is -2.35. The third-order valence-electron chi connectivity index (χ3n) is 5.66. The number of carboxylic acids is 1. The molecule has 4 heterocycles. The molecule has 152 valence electrons. The van der Waals surface area contributed by atoms with Crippen molar-refractivity contribution in [2.75, 3.05) is 5.75 Å². The number of aromatic carboxylic acids is 1. The largest absolute Gasteiger partial charge is 0.478 e. The van der Waals surface area contributed by atoms with E-state index in [9.17, 15) is 4.79 Å². The van der Waals surface area contributed by atoms with Crippen LogP contribution in [0.3, 0.4) is 0 Å². The quantitative estimate of drug-likeness (QED) is 0.626. The molecule has 1 fully saturated rings. The molecule has 0 radical (unpaired) electrons. The van der Waals surface area contributed by atoms with Crippen LogP contribution in [0.25, 0.3) is 11.3 Å². The number of carbonyl (C=O) groups is 1. The maximum atomic E-state index is 11.1. The molecule has 2 aliphatic rings. The molecule has 5 rings (SSSR count). The monoisotopic (exact) mass is 419 g/mol. The summed E-state index contributed by atoms with van der Waals surface area (Å²) < 4.78 is 6.31. The van der Waals surface area contributed by atoms with Crippen LogP contribution in [-0.4, -0.2) is 37.9 Å². The van der Waals surface area contributed by atoms with E-state index in [1.807, 2.05) is 30.3 Å². The van der Waals surface area contributed by atoms with Crippen LogP contribution in [0.4, 0.5) is 0 Å². The minimum absolute atomic E-state index is 0.0399. The van der Waals surface area contributed by atoms with Crippen molar-refractivity contribution < 1.29 is 14.3 Å². The van der Waals surface area contributed by atoms with E-state index < -0.39 is 5.97 Å². The Morgan fingerprint density at radius 1 is 1.20 bits per heavy atom. The molecule has 0 bridgehead atoms. The molecule has 0 aliphatic carbocycles. The van der Waals surface area contributed by atoms with Gasteiger partial charge in [0.25, 0.3) is 0 Å². The Hall–Kier alpha value is -3.06. The summed E-state index contributed by atoms with van der Waals surface area (Å²) in [6.07, 6.45) is 2.85. The zero-order valence-corrected chi connectivity index (χ0v) is 17.2. The van der Waals surface area contributed by atoms with Crippen molar-refractivity contribution in [3.63, 3.8) is 0 Å². The van der Waals surface area contributed by atoms with Gasteiger partial charge in [0.05, 0.1) is 11.3 Å². The van der Waals surface area contributed by atoms with Crippen molar-refractivity contribution in [1.29, 1.82) is 0 Å². The standard InChI is InChI=1S/C23H21N3O3S/c1-2-16-13-30-23-25-20(17-5-3-4-12-24-17)21(26(16)23)19-11-10-18(29-19)14-6-8-15(9-7-14)22(27)28/h3-12,16,20-21H,2,13H2,1H3,(H,27,28). The average Bonchev–Trinajstić information content (AvgIpc) is 3.49. The molecule has 3 aromatic rings. The van der Waals surface area contributed by atoms with E-state index in [0.29, 0.717) is 6.04 Å². The highest BCUT2D eigenvalue weighted by atomic mass is 32.2. The Labute approximate surface area is 178 Å². The van der Waals surface area contributed by atoms with Gasteiger partial charge in [-0.3, -0.25) is 4.98 Å². The van der Waals surface area contributed by atoms with Crippen molar-refractivity contribution in [2.45, 2.75) is 31.5 Å². The van der Waals surface area contributed by atoms with Gasteiger partial charge in [-0.1, -0.05) is 36.9 Å². The van der Waals surface area contributed by atoms with Gasteiger partial charge in [0.1, 0.15) is 23.6 Å². The van der Waals surface area contributed by atoms with Crippen LogP contribution in [0, 0.1) is 0 Å². The highest BCUT2D eigenvalue weighted by molar-refractivity contribution is 8.14. The van der Waals surface area contributed by atoms with Crippen LogP contribution < -0.4 is 0 Å². The fourth-order valence-electron chi connectivity index (χ4n) is 4.10. The number of rotatable bonds is 5. The maximum absolute atomic E-state index is 11.1. The smallest absolute Gasteiger partial charge is 0.335 e. The molecule has 3 atom stereocenters. The van der Waals surface area contributed by atoms with E-state index in [4.69, 9.17) is 14.5 Å². The van der Waals surface area contributed by atoms with Crippen LogP contribution >= 0.6 is 11.8 Å². The zero-order chi connectivity index (χ0) is 20.7. The molecule has 1 saturated heterocycles. The lowest BCUT2D eigenvalue weighted by molar-refractivity contribution is 0.0697. The zero-order valence-electron chi connectivity index (χ0n) is 16.4. The molecule has 7 heteroatoms.